The predicted octanol–water partition coefficient (Wildman–Crippen LogP) is 2.15. The van der Waals surface area contributed by atoms with E-state index in [1.807, 2.05) is 24.3 Å². The zero-order valence-corrected chi connectivity index (χ0v) is 19.6. The molecule has 1 aliphatic carbocycles. The molecule has 0 radical (unpaired) electrons. The highest BCUT2D eigenvalue weighted by Crippen LogP contribution is 2.42. The minimum absolute atomic E-state index is 0.221. The molecule has 0 unspecified atom stereocenters. The van der Waals surface area contributed by atoms with Crippen molar-refractivity contribution in [3.8, 4) is 5.75 Å². The normalized spacial score (nSPS) is 25.7. The summed E-state index contributed by atoms with van der Waals surface area (Å²) in [6.07, 6.45) is -1.58. The third-order valence-electron chi connectivity index (χ3n) is 5.32. The lowest BCUT2D eigenvalue weighted by Gasteiger charge is -2.44. The number of benzene rings is 1. The number of allylic oxidation sites excluding steroid dienone is 2. The number of carbonyl (C=O) groups excluding carboxylic acids is 4. The van der Waals surface area contributed by atoms with Crippen molar-refractivity contribution in [2.45, 2.75) is 64.1 Å². The molecule has 1 aliphatic heterocycles. The largest absolute Gasteiger partial charge is 0.496 e. The van der Waals surface area contributed by atoms with Crippen LogP contribution in [0.15, 0.2) is 30.4 Å². The van der Waals surface area contributed by atoms with Crippen molar-refractivity contribution in [3.63, 3.8) is 0 Å². The van der Waals surface area contributed by atoms with E-state index in [0.29, 0.717) is 11.3 Å². The lowest BCUT2D eigenvalue weighted by atomic mass is 9.89. The molecule has 2 aliphatic rings. The van der Waals surface area contributed by atoms with Crippen LogP contribution in [0.4, 0.5) is 0 Å². The van der Waals surface area contributed by atoms with E-state index in [4.69, 9.17) is 28.4 Å². The maximum atomic E-state index is 12.0. The summed E-state index contributed by atoms with van der Waals surface area (Å²) in [7, 11) is 1.49. The van der Waals surface area contributed by atoms with E-state index < -0.39 is 54.4 Å². The lowest BCUT2D eigenvalue weighted by molar-refractivity contribution is -0.254. The van der Waals surface area contributed by atoms with E-state index in [1.54, 1.807) is 6.07 Å². The summed E-state index contributed by atoms with van der Waals surface area (Å²) in [6, 6.07) is 5.50. The van der Waals surface area contributed by atoms with Crippen molar-refractivity contribution in [3.05, 3.63) is 41.5 Å². The number of hydrogen-bond acceptors (Lipinski definition) is 10. The van der Waals surface area contributed by atoms with Gasteiger partial charge in [-0.1, -0.05) is 24.3 Å². The van der Waals surface area contributed by atoms with Crippen molar-refractivity contribution in [2.24, 2.45) is 0 Å². The number of esters is 4. The molecule has 184 valence electrons. The maximum Gasteiger partial charge on any atom is 0.303 e. The van der Waals surface area contributed by atoms with Crippen LogP contribution in [0.2, 0.25) is 0 Å². The second-order valence-corrected chi connectivity index (χ2v) is 8.03. The summed E-state index contributed by atoms with van der Waals surface area (Å²) < 4.78 is 33.3. The van der Waals surface area contributed by atoms with E-state index in [-0.39, 0.29) is 12.5 Å². The Morgan fingerprint density at radius 1 is 0.824 bits per heavy atom. The van der Waals surface area contributed by atoms with Gasteiger partial charge in [-0.2, -0.15) is 0 Å². The Morgan fingerprint density at radius 3 is 1.94 bits per heavy atom. The van der Waals surface area contributed by atoms with Gasteiger partial charge in [0.15, 0.2) is 18.3 Å². The summed E-state index contributed by atoms with van der Waals surface area (Å²) in [5, 5.41) is 0. The summed E-state index contributed by atoms with van der Waals surface area (Å²) in [6.45, 7) is 4.49. The molecule has 10 nitrogen and oxygen atoms in total. The summed E-state index contributed by atoms with van der Waals surface area (Å²) in [4.78, 5) is 47.3. The molecule has 0 amide bonds. The summed E-state index contributed by atoms with van der Waals surface area (Å²) in [5.41, 5.74) is 1.52. The molecule has 1 aromatic rings. The third-order valence-corrected chi connectivity index (χ3v) is 5.32. The first-order chi connectivity index (χ1) is 16.1. The molecule has 0 saturated carbocycles. The van der Waals surface area contributed by atoms with Crippen LogP contribution < -0.4 is 4.74 Å². The Hall–Kier alpha value is -3.40. The van der Waals surface area contributed by atoms with Gasteiger partial charge in [-0.3, -0.25) is 19.2 Å². The van der Waals surface area contributed by atoms with E-state index in [0.717, 1.165) is 5.56 Å². The Labute approximate surface area is 197 Å². The summed E-state index contributed by atoms with van der Waals surface area (Å²) in [5.74, 6) is -1.92. The van der Waals surface area contributed by atoms with Crippen molar-refractivity contribution in [2.75, 3.05) is 13.7 Å². The van der Waals surface area contributed by atoms with Crippen LogP contribution in [0.25, 0.3) is 0 Å². The topological polar surface area (TPSA) is 124 Å². The Bertz CT molecular complexity index is 978. The average Bonchev–Trinajstić information content (AvgIpc) is 3.59. The Morgan fingerprint density at radius 2 is 1.41 bits per heavy atom. The second kappa shape index (κ2) is 10.7. The first-order valence-corrected chi connectivity index (χ1v) is 10.8. The first-order valence-electron chi connectivity index (χ1n) is 10.8. The molecule has 1 fully saturated rings. The van der Waals surface area contributed by atoms with Crippen molar-refractivity contribution >= 4 is 23.9 Å². The molecule has 3 rings (SSSR count). The maximum absolute atomic E-state index is 12.0. The number of ether oxygens (including phenoxy) is 6. The van der Waals surface area contributed by atoms with Crippen LogP contribution in [-0.2, 0) is 42.9 Å². The molecule has 5 atom stereocenters. The molecule has 0 spiro atoms. The zero-order valence-electron chi connectivity index (χ0n) is 19.6. The molecule has 1 heterocycles. The fourth-order valence-electron chi connectivity index (χ4n) is 3.93. The molecule has 0 aromatic heterocycles. The zero-order chi connectivity index (χ0) is 25.0. The Balaban J connectivity index is 2.07. The molecule has 34 heavy (non-hydrogen) atoms. The number of hydrogen-bond donors (Lipinski definition) is 0. The van der Waals surface area contributed by atoms with Crippen molar-refractivity contribution in [1.82, 2.24) is 0 Å². The number of carbonyl (C=O) groups is 4. The van der Waals surface area contributed by atoms with E-state index in [9.17, 15) is 19.2 Å². The fourth-order valence-corrected chi connectivity index (χ4v) is 3.93. The van der Waals surface area contributed by atoms with Crippen LogP contribution in [0.3, 0.4) is 0 Å². The van der Waals surface area contributed by atoms with Gasteiger partial charge in [0.05, 0.1) is 7.11 Å². The van der Waals surface area contributed by atoms with Gasteiger partial charge in [0, 0.05) is 39.2 Å². The van der Waals surface area contributed by atoms with E-state index in [2.05, 4.69) is 0 Å². The summed E-state index contributed by atoms with van der Waals surface area (Å²) >= 11 is 0. The van der Waals surface area contributed by atoms with Gasteiger partial charge in [0.25, 0.3) is 0 Å². The molecular formula is C24H28O10. The molecule has 10 heteroatoms. The van der Waals surface area contributed by atoms with Crippen LogP contribution in [-0.4, -0.2) is 62.0 Å². The van der Waals surface area contributed by atoms with Crippen molar-refractivity contribution in [1.29, 1.82) is 0 Å². The average molecular weight is 476 g/mol. The highest BCUT2D eigenvalue weighted by atomic mass is 16.7. The third kappa shape index (κ3) is 6.13. The molecule has 0 N–H and O–H groups in total. The SMILES string of the molecule is COc1cc(C2C=C2)ccc1[C@@H]1O[C@H](COC(C)=O)[C@@H](OC(C)=O)[C@H](OC(C)=O)[C@H]1OC(C)=O. The highest BCUT2D eigenvalue weighted by Gasteiger charge is 2.53. The van der Waals surface area contributed by atoms with Gasteiger partial charge >= 0.3 is 23.9 Å². The highest BCUT2D eigenvalue weighted by molar-refractivity contribution is 5.69. The van der Waals surface area contributed by atoms with Crippen LogP contribution in [0.5, 0.6) is 5.75 Å². The van der Waals surface area contributed by atoms with Gasteiger partial charge in [0.1, 0.15) is 24.6 Å². The van der Waals surface area contributed by atoms with Crippen LogP contribution in [0.1, 0.15) is 50.8 Å². The van der Waals surface area contributed by atoms with Crippen LogP contribution in [0, 0.1) is 0 Å². The molecule has 1 saturated heterocycles. The van der Waals surface area contributed by atoms with Crippen LogP contribution >= 0.6 is 0 Å². The van der Waals surface area contributed by atoms with Gasteiger partial charge in [0.2, 0.25) is 0 Å². The molecular weight excluding hydrogens is 448 g/mol. The second-order valence-electron chi connectivity index (χ2n) is 8.03. The van der Waals surface area contributed by atoms with E-state index in [1.165, 1.54) is 34.8 Å². The minimum Gasteiger partial charge on any atom is -0.496 e. The molecule has 0 bridgehead atoms. The first kappa shape index (κ1) is 25.2. The predicted molar refractivity (Wildman–Crippen MR) is 116 cm³/mol. The smallest absolute Gasteiger partial charge is 0.303 e. The lowest BCUT2D eigenvalue weighted by Crippen LogP contribution is -2.59. The number of methoxy groups -OCH3 is 1. The Kier molecular flexibility index (Phi) is 7.93. The monoisotopic (exact) mass is 476 g/mol. The van der Waals surface area contributed by atoms with Gasteiger partial charge < -0.3 is 28.4 Å². The number of rotatable bonds is 8. The van der Waals surface area contributed by atoms with E-state index >= 15 is 0 Å². The van der Waals surface area contributed by atoms with Gasteiger partial charge in [-0.15, -0.1) is 0 Å². The molecule has 1 aromatic carbocycles. The van der Waals surface area contributed by atoms with Crippen molar-refractivity contribution < 1.29 is 47.6 Å². The van der Waals surface area contributed by atoms with Gasteiger partial charge in [-0.05, 0) is 11.6 Å². The fraction of sp³-hybridized carbons (Fsp3) is 0.500. The van der Waals surface area contributed by atoms with Gasteiger partial charge in [-0.25, -0.2) is 0 Å². The quantitative estimate of drug-likeness (QED) is 0.313. The minimum atomic E-state index is -1.24. The standard InChI is InChI=1S/C24H28O10/c1-12(25)30-11-20-22(31-13(2)26)24(33-15(4)28)23(32-14(3)27)21(34-20)18-9-8-17(16-6-7-16)10-19(18)29-5/h6-10,16,20-24H,11H2,1-5H3/t20-,21+,22-,23+,24+/m1/s1.